The molecule has 1 aliphatic heterocycles. The number of nitrogens with one attached hydrogen (secondary N) is 2. The van der Waals surface area contributed by atoms with Gasteiger partial charge in [0, 0.05) is 23.4 Å². The van der Waals surface area contributed by atoms with Crippen LogP contribution in [0, 0.1) is 10.1 Å². The van der Waals surface area contributed by atoms with Crippen molar-refractivity contribution in [1.82, 2.24) is 10.6 Å². The molecule has 2 rings (SSSR count). The smallest absolute Gasteiger partial charge is 0.338 e. The first kappa shape index (κ1) is 20.6. The number of benzene rings is 1. The van der Waals surface area contributed by atoms with E-state index in [0.717, 1.165) is 6.42 Å². The van der Waals surface area contributed by atoms with E-state index in [1.807, 2.05) is 13.8 Å². The number of hydrogen-bond acceptors (Lipinski definition) is 6. The second-order valence-electron chi connectivity index (χ2n) is 5.81. The molecule has 1 aromatic rings. The van der Waals surface area contributed by atoms with Crippen LogP contribution in [0.5, 0.6) is 5.75 Å². The Bertz CT molecular complexity index is 778. The maximum atomic E-state index is 12.7. The van der Waals surface area contributed by atoms with E-state index in [2.05, 4.69) is 10.6 Å². The van der Waals surface area contributed by atoms with Crippen LogP contribution in [0.15, 0.2) is 29.5 Å². The number of nitrogens with zero attached hydrogens (tertiary/aromatic N) is 1. The highest BCUT2D eigenvalue weighted by atomic mass is 32.1. The number of ether oxygens (including phenoxy) is 2. The van der Waals surface area contributed by atoms with Crippen LogP contribution in [0.2, 0.25) is 0 Å². The topological polar surface area (TPSA) is 103 Å². The van der Waals surface area contributed by atoms with Gasteiger partial charge in [0.15, 0.2) is 5.11 Å². The number of esters is 1. The molecule has 0 unspecified atom stereocenters. The molecule has 2 N–H and O–H groups in total. The van der Waals surface area contributed by atoms with Crippen molar-refractivity contribution in [3.05, 3.63) is 45.1 Å². The van der Waals surface area contributed by atoms with Crippen LogP contribution in [0.1, 0.15) is 45.2 Å². The fourth-order valence-electron chi connectivity index (χ4n) is 2.91. The molecule has 0 saturated heterocycles. The first-order chi connectivity index (χ1) is 12.9. The standard InChI is InChI=1S/C18H23N3O5S/c1-4-7-13-15(17(22)26-6-3)16(20-18(27)19-13)12-10-11(21(23)24)8-9-14(12)25-5-2/h8-10,16H,4-7H2,1-3H3,(H2,19,20,27)/t16-/m0/s1. The molecule has 27 heavy (non-hydrogen) atoms. The van der Waals surface area contributed by atoms with Gasteiger partial charge in [-0.1, -0.05) is 13.3 Å². The Hall–Kier alpha value is -2.68. The molecule has 1 aromatic carbocycles. The Morgan fingerprint density at radius 3 is 2.63 bits per heavy atom. The first-order valence-corrected chi connectivity index (χ1v) is 9.22. The van der Waals surface area contributed by atoms with Gasteiger partial charge in [-0.3, -0.25) is 10.1 Å². The molecule has 0 bridgehead atoms. The fourth-order valence-corrected chi connectivity index (χ4v) is 3.15. The number of hydrogen-bond donors (Lipinski definition) is 2. The molecule has 0 aromatic heterocycles. The van der Waals surface area contributed by atoms with Gasteiger partial charge in [-0.05, 0) is 38.6 Å². The first-order valence-electron chi connectivity index (χ1n) is 8.81. The van der Waals surface area contributed by atoms with E-state index in [1.54, 1.807) is 6.92 Å². The third kappa shape index (κ3) is 4.73. The van der Waals surface area contributed by atoms with Crippen LogP contribution in [-0.4, -0.2) is 29.2 Å². The molecule has 0 aliphatic carbocycles. The number of allylic oxidation sites excluding steroid dienone is 1. The van der Waals surface area contributed by atoms with Crippen molar-refractivity contribution >= 4 is 29.0 Å². The summed E-state index contributed by atoms with van der Waals surface area (Å²) >= 11 is 5.29. The quantitative estimate of drug-likeness (QED) is 0.301. The summed E-state index contributed by atoms with van der Waals surface area (Å²) in [6, 6.07) is 3.60. The Kier molecular flexibility index (Phi) is 7.12. The third-order valence-electron chi connectivity index (χ3n) is 3.96. The van der Waals surface area contributed by atoms with Crippen molar-refractivity contribution in [2.75, 3.05) is 13.2 Å². The Balaban J connectivity index is 2.65. The highest BCUT2D eigenvalue weighted by molar-refractivity contribution is 7.80. The normalized spacial score (nSPS) is 16.4. The lowest BCUT2D eigenvalue weighted by Gasteiger charge is -2.31. The third-order valence-corrected chi connectivity index (χ3v) is 4.18. The summed E-state index contributed by atoms with van der Waals surface area (Å²) in [5, 5.41) is 17.6. The lowest BCUT2D eigenvalue weighted by molar-refractivity contribution is -0.385. The summed E-state index contributed by atoms with van der Waals surface area (Å²) in [5.74, 6) is -0.0506. The van der Waals surface area contributed by atoms with Crippen LogP contribution in [0.3, 0.4) is 0 Å². The largest absolute Gasteiger partial charge is 0.493 e. The number of nitro benzene ring substituents is 1. The summed E-state index contributed by atoms with van der Waals surface area (Å²) < 4.78 is 10.9. The number of thiocarbonyl (C=S) groups is 1. The number of carbonyl (C=O) groups is 1. The number of rotatable bonds is 8. The van der Waals surface area contributed by atoms with Gasteiger partial charge >= 0.3 is 5.97 Å². The molecule has 1 atom stereocenters. The maximum absolute atomic E-state index is 12.7. The van der Waals surface area contributed by atoms with Gasteiger partial charge in [0.2, 0.25) is 0 Å². The van der Waals surface area contributed by atoms with E-state index in [1.165, 1.54) is 18.2 Å². The molecule has 0 fully saturated rings. The van der Waals surface area contributed by atoms with Crippen molar-refractivity contribution < 1.29 is 19.2 Å². The van der Waals surface area contributed by atoms with Gasteiger partial charge in [-0.2, -0.15) is 0 Å². The summed E-state index contributed by atoms with van der Waals surface area (Å²) in [5.41, 5.74) is 1.37. The van der Waals surface area contributed by atoms with E-state index in [-0.39, 0.29) is 12.3 Å². The minimum absolute atomic E-state index is 0.0973. The molecule has 0 saturated carbocycles. The Labute approximate surface area is 163 Å². The number of nitro groups is 1. The van der Waals surface area contributed by atoms with E-state index < -0.39 is 16.9 Å². The van der Waals surface area contributed by atoms with Gasteiger partial charge in [-0.15, -0.1) is 0 Å². The van der Waals surface area contributed by atoms with Crippen molar-refractivity contribution in [3.8, 4) is 5.75 Å². The monoisotopic (exact) mass is 393 g/mol. The lowest BCUT2D eigenvalue weighted by atomic mass is 9.93. The SMILES string of the molecule is CCCC1=C(C(=O)OCC)[C@H](c2cc([N+](=O)[O-])ccc2OCC)NC(=S)N1. The van der Waals surface area contributed by atoms with E-state index in [9.17, 15) is 14.9 Å². The second kappa shape index (κ2) is 9.31. The molecule has 9 heteroatoms. The van der Waals surface area contributed by atoms with Crippen molar-refractivity contribution in [3.63, 3.8) is 0 Å². The zero-order valence-corrected chi connectivity index (χ0v) is 16.4. The Morgan fingerprint density at radius 2 is 2.04 bits per heavy atom. The van der Waals surface area contributed by atoms with Crippen LogP contribution in [0.25, 0.3) is 0 Å². The second-order valence-corrected chi connectivity index (χ2v) is 6.21. The zero-order valence-electron chi connectivity index (χ0n) is 15.5. The number of non-ortho nitro benzene ring substituents is 1. The molecule has 0 amide bonds. The molecular weight excluding hydrogens is 370 g/mol. The van der Waals surface area contributed by atoms with Gasteiger partial charge in [-0.25, -0.2) is 4.79 Å². The maximum Gasteiger partial charge on any atom is 0.338 e. The highest BCUT2D eigenvalue weighted by Crippen LogP contribution is 2.36. The van der Waals surface area contributed by atoms with Crippen LogP contribution in [0.4, 0.5) is 5.69 Å². The summed E-state index contributed by atoms with van der Waals surface area (Å²) in [6.07, 6.45) is 1.37. The van der Waals surface area contributed by atoms with Crippen LogP contribution < -0.4 is 15.4 Å². The molecule has 8 nitrogen and oxygen atoms in total. The minimum atomic E-state index is -0.708. The van der Waals surface area contributed by atoms with Crippen molar-refractivity contribution in [2.24, 2.45) is 0 Å². The molecule has 1 aliphatic rings. The van der Waals surface area contributed by atoms with Gasteiger partial charge in [0.05, 0.1) is 29.8 Å². The van der Waals surface area contributed by atoms with E-state index in [0.29, 0.717) is 40.7 Å². The molecular formula is C18H23N3O5S. The highest BCUT2D eigenvalue weighted by Gasteiger charge is 2.34. The molecule has 0 spiro atoms. The molecule has 146 valence electrons. The summed E-state index contributed by atoms with van der Waals surface area (Å²) in [4.78, 5) is 23.5. The minimum Gasteiger partial charge on any atom is -0.493 e. The molecule has 0 radical (unpaired) electrons. The summed E-state index contributed by atoms with van der Waals surface area (Å²) in [7, 11) is 0. The Morgan fingerprint density at radius 1 is 1.30 bits per heavy atom. The zero-order chi connectivity index (χ0) is 20.0. The predicted octanol–water partition coefficient (Wildman–Crippen LogP) is 3.13. The van der Waals surface area contributed by atoms with Crippen LogP contribution in [-0.2, 0) is 9.53 Å². The van der Waals surface area contributed by atoms with E-state index in [4.69, 9.17) is 21.7 Å². The predicted molar refractivity (Wildman–Crippen MR) is 104 cm³/mol. The lowest BCUT2D eigenvalue weighted by Crippen LogP contribution is -2.46. The fraction of sp³-hybridized carbons (Fsp3) is 0.444. The molecule has 1 heterocycles. The van der Waals surface area contributed by atoms with Crippen molar-refractivity contribution in [2.45, 2.75) is 39.7 Å². The van der Waals surface area contributed by atoms with Crippen molar-refractivity contribution in [1.29, 1.82) is 0 Å². The van der Waals surface area contributed by atoms with Gasteiger partial charge in [0.25, 0.3) is 5.69 Å². The van der Waals surface area contributed by atoms with Crippen LogP contribution >= 0.6 is 12.2 Å². The number of carbonyl (C=O) groups excluding carboxylic acids is 1. The average Bonchev–Trinajstić information content (AvgIpc) is 2.62. The summed E-state index contributed by atoms with van der Waals surface area (Å²) in [6.45, 7) is 6.11. The van der Waals surface area contributed by atoms with Gasteiger partial charge in [0.1, 0.15) is 5.75 Å². The van der Waals surface area contributed by atoms with E-state index >= 15 is 0 Å². The van der Waals surface area contributed by atoms with Gasteiger partial charge < -0.3 is 20.1 Å². The average molecular weight is 393 g/mol.